The fourth-order valence-electron chi connectivity index (χ4n) is 2.99. The second-order valence-corrected chi connectivity index (χ2v) is 6.10. The standard InChI is InChI=1S/C18H25NO3/c1-4-7-19-11-13(6-5-8-20)16-10-14(18(21)22)9-15(12(2)3)17(16)19/h9-12,20H,4-8H2,1-3H3,(H,21,22). The fourth-order valence-corrected chi connectivity index (χ4v) is 2.99. The van der Waals surface area contributed by atoms with E-state index in [0.29, 0.717) is 12.0 Å². The van der Waals surface area contributed by atoms with Gasteiger partial charge in [0.1, 0.15) is 0 Å². The number of aromatic carboxylic acids is 1. The Morgan fingerprint density at radius 2 is 2.05 bits per heavy atom. The zero-order valence-corrected chi connectivity index (χ0v) is 13.6. The summed E-state index contributed by atoms with van der Waals surface area (Å²) in [6.07, 6.45) is 4.62. The summed E-state index contributed by atoms with van der Waals surface area (Å²) in [6.45, 7) is 7.39. The van der Waals surface area contributed by atoms with Crippen molar-refractivity contribution in [2.75, 3.05) is 6.61 Å². The van der Waals surface area contributed by atoms with Crippen LogP contribution in [0, 0.1) is 0 Å². The molecule has 0 unspecified atom stereocenters. The van der Waals surface area contributed by atoms with E-state index in [0.717, 1.165) is 41.4 Å². The minimum atomic E-state index is -0.889. The number of aliphatic hydroxyl groups excluding tert-OH is 1. The van der Waals surface area contributed by atoms with E-state index in [9.17, 15) is 9.90 Å². The van der Waals surface area contributed by atoms with Gasteiger partial charge in [-0.1, -0.05) is 20.8 Å². The molecular weight excluding hydrogens is 278 g/mol. The summed E-state index contributed by atoms with van der Waals surface area (Å²) in [5.41, 5.74) is 3.70. The highest BCUT2D eigenvalue weighted by molar-refractivity contribution is 5.97. The van der Waals surface area contributed by atoms with Crippen molar-refractivity contribution in [1.82, 2.24) is 4.57 Å². The lowest BCUT2D eigenvalue weighted by Crippen LogP contribution is -2.03. The Morgan fingerprint density at radius 3 is 2.59 bits per heavy atom. The number of rotatable bonds is 7. The molecule has 2 N–H and O–H groups in total. The minimum absolute atomic E-state index is 0.149. The molecule has 1 heterocycles. The third kappa shape index (κ3) is 3.17. The van der Waals surface area contributed by atoms with Crippen LogP contribution in [0.1, 0.15) is 61.0 Å². The number of aromatic nitrogens is 1. The number of aryl methyl sites for hydroxylation is 2. The van der Waals surface area contributed by atoms with E-state index < -0.39 is 5.97 Å². The molecule has 0 atom stereocenters. The predicted octanol–water partition coefficient (Wildman–Crippen LogP) is 3.80. The summed E-state index contributed by atoms with van der Waals surface area (Å²) in [7, 11) is 0. The van der Waals surface area contributed by atoms with Crippen LogP contribution in [0.4, 0.5) is 0 Å². The minimum Gasteiger partial charge on any atom is -0.478 e. The molecule has 4 heteroatoms. The Hall–Kier alpha value is -1.81. The van der Waals surface area contributed by atoms with Crippen molar-refractivity contribution in [3.8, 4) is 0 Å². The van der Waals surface area contributed by atoms with Crippen LogP contribution in [-0.4, -0.2) is 27.4 Å². The monoisotopic (exact) mass is 303 g/mol. The number of carboxylic acids is 1. The van der Waals surface area contributed by atoms with E-state index in [1.807, 2.05) is 0 Å². The number of benzene rings is 1. The lowest BCUT2D eigenvalue weighted by atomic mass is 9.95. The van der Waals surface area contributed by atoms with Crippen LogP contribution >= 0.6 is 0 Å². The number of hydrogen-bond donors (Lipinski definition) is 2. The summed E-state index contributed by atoms with van der Waals surface area (Å²) in [6, 6.07) is 3.58. The quantitative estimate of drug-likeness (QED) is 0.818. The Morgan fingerprint density at radius 1 is 1.32 bits per heavy atom. The van der Waals surface area contributed by atoms with E-state index >= 15 is 0 Å². The van der Waals surface area contributed by atoms with Crippen molar-refractivity contribution < 1.29 is 15.0 Å². The molecule has 0 radical (unpaired) electrons. The molecule has 0 amide bonds. The Kier molecular flexibility index (Phi) is 5.24. The number of carbonyl (C=O) groups is 1. The third-order valence-electron chi connectivity index (χ3n) is 4.02. The van der Waals surface area contributed by atoms with Crippen molar-refractivity contribution in [2.24, 2.45) is 0 Å². The first kappa shape index (κ1) is 16.6. The van der Waals surface area contributed by atoms with Gasteiger partial charge in [-0.05, 0) is 48.4 Å². The first-order valence-electron chi connectivity index (χ1n) is 7.99. The van der Waals surface area contributed by atoms with Gasteiger partial charge in [-0.2, -0.15) is 0 Å². The first-order valence-corrected chi connectivity index (χ1v) is 7.99. The molecular formula is C18H25NO3. The second kappa shape index (κ2) is 6.97. The highest BCUT2D eigenvalue weighted by atomic mass is 16.4. The van der Waals surface area contributed by atoms with Crippen LogP contribution in [0.2, 0.25) is 0 Å². The summed E-state index contributed by atoms with van der Waals surface area (Å²) < 4.78 is 2.24. The average molecular weight is 303 g/mol. The van der Waals surface area contributed by atoms with Gasteiger partial charge in [-0.3, -0.25) is 0 Å². The molecule has 22 heavy (non-hydrogen) atoms. The number of fused-ring (bicyclic) bond motifs is 1. The molecule has 0 aliphatic heterocycles. The number of hydrogen-bond acceptors (Lipinski definition) is 2. The van der Waals surface area contributed by atoms with Gasteiger partial charge in [0.2, 0.25) is 0 Å². The number of nitrogens with zero attached hydrogens (tertiary/aromatic N) is 1. The molecule has 1 aromatic heterocycles. The summed E-state index contributed by atoms with van der Waals surface area (Å²) in [5, 5.41) is 19.5. The van der Waals surface area contributed by atoms with Gasteiger partial charge in [-0.15, -0.1) is 0 Å². The highest BCUT2D eigenvalue weighted by Crippen LogP contribution is 2.32. The van der Waals surface area contributed by atoms with Gasteiger partial charge >= 0.3 is 5.97 Å². The van der Waals surface area contributed by atoms with Crippen molar-refractivity contribution in [2.45, 2.75) is 52.5 Å². The number of carboxylic acid groups (broad SMARTS) is 1. The van der Waals surface area contributed by atoms with E-state index in [4.69, 9.17) is 5.11 Å². The van der Waals surface area contributed by atoms with Crippen LogP contribution in [0.15, 0.2) is 18.3 Å². The molecule has 0 aliphatic carbocycles. The third-order valence-corrected chi connectivity index (χ3v) is 4.02. The Bertz CT molecular complexity index is 671. The molecule has 4 nitrogen and oxygen atoms in total. The zero-order chi connectivity index (χ0) is 16.3. The Balaban J connectivity index is 2.72. The largest absolute Gasteiger partial charge is 0.478 e. The maximum absolute atomic E-state index is 11.4. The van der Waals surface area contributed by atoms with Crippen LogP contribution in [0.3, 0.4) is 0 Å². The zero-order valence-electron chi connectivity index (χ0n) is 13.6. The molecule has 2 aromatic rings. The summed E-state index contributed by atoms with van der Waals surface area (Å²) >= 11 is 0. The molecule has 0 aliphatic rings. The number of aliphatic hydroxyl groups is 1. The maximum atomic E-state index is 11.4. The first-order chi connectivity index (χ1) is 10.5. The van der Waals surface area contributed by atoms with Crippen LogP contribution in [0.25, 0.3) is 10.9 Å². The SMILES string of the molecule is CCCn1cc(CCCO)c2cc(C(=O)O)cc(C(C)C)c21. The lowest BCUT2D eigenvalue weighted by Gasteiger charge is -2.13. The van der Waals surface area contributed by atoms with E-state index in [2.05, 4.69) is 31.5 Å². The molecule has 120 valence electrons. The summed E-state index contributed by atoms with van der Waals surface area (Å²) in [5.74, 6) is -0.627. The molecule has 1 aromatic carbocycles. The molecule has 2 rings (SSSR count). The van der Waals surface area contributed by atoms with Crippen LogP contribution in [-0.2, 0) is 13.0 Å². The molecule has 0 saturated carbocycles. The normalized spacial score (nSPS) is 11.5. The van der Waals surface area contributed by atoms with Crippen molar-refractivity contribution >= 4 is 16.9 Å². The van der Waals surface area contributed by atoms with Gasteiger partial charge in [0, 0.05) is 24.7 Å². The van der Waals surface area contributed by atoms with E-state index in [1.54, 1.807) is 12.1 Å². The average Bonchev–Trinajstić information content (AvgIpc) is 2.82. The van der Waals surface area contributed by atoms with Crippen molar-refractivity contribution in [3.63, 3.8) is 0 Å². The van der Waals surface area contributed by atoms with Gasteiger partial charge in [0.05, 0.1) is 11.1 Å². The van der Waals surface area contributed by atoms with Gasteiger partial charge in [0.15, 0.2) is 0 Å². The lowest BCUT2D eigenvalue weighted by molar-refractivity contribution is 0.0697. The van der Waals surface area contributed by atoms with Crippen LogP contribution < -0.4 is 0 Å². The van der Waals surface area contributed by atoms with Crippen molar-refractivity contribution in [3.05, 3.63) is 35.0 Å². The van der Waals surface area contributed by atoms with Crippen LogP contribution in [0.5, 0.6) is 0 Å². The smallest absolute Gasteiger partial charge is 0.335 e. The molecule has 0 saturated heterocycles. The van der Waals surface area contributed by atoms with Crippen molar-refractivity contribution in [1.29, 1.82) is 0 Å². The van der Waals surface area contributed by atoms with Gasteiger partial charge in [-0.25, -0.2) is 4.79 Å². The highest BCUT2D eigenvalue weighted by Gasteiger charge is 2.17. The summed E-state index contributed by atoms with van der Waals surface area (Å²) in [4.78, 5) is 11.4. The second-order valence-electron chi connectivity index (χ2n) is 6.10. The topological polar surface area (TPSA) is 62.5 Å². The molecule has 0 bridgehead atoms. The fraction of sp³-hybridized carbons (Fsp3) is 0.500. The molecule has 0 fully saturated rings. The van der Waals surface area contributed by atoms with Gasteiger partial charge < -0.3 is 14.8 Å². The van der Waals surface area contributed by atoms with Gasteiger partial charge in [0.25, 0.3) is 0 Å². The van der Waals surface area contributed by atoms with E-state index in [-0.39, 0.29) is 12.5 Å². The predicted molar refractivity (Wildman–Crippen MR) is 88.7 cm³/mol. The van der Waals surface area contributed by atoms with E-state index in [1.165, 1.54) is 0 Å². The maximum Gasteiger partial charge on any atom is 0.335 e. The molecule has 0 spiro atoms. The Labute approximate surface area is 131 Å².